The second kappa shape index (κ2) is 8.38. The Balaban J connectivity index is 1.82. The van der Waals surface area contributed by atoms with E-state index in [9.17, 15) is 9.59 Å². The van der Waals surface area contributed by atoms with Crippen molar-refractivity contribution in [1.82, 2.24) is 4.90 Å². The molecule has 0 aromatic heterocycles. The van der Waals surface area contributed by atoms with Crippen molar-refractivity contribution in [3.05, 3.63) is 65.2 Å². The molecule has 142 valence electrons. The second-order valence-corrected chi connectivity index (χ2v) is 7.65. The predicted octanol–water partition coefficient (Wildman–Crippen LogP) is 4.19. The molecule has 27 heavy (non-hydrogen) atoms. The molecule has 2 aromatic rings. The standard InChI is InChI=1S/C23H28N2O2/c1-4-17-9-11-20(12-10-17)24-23(27)21-14-18-7-5-6-8-19(18)15-25(21)22(26)13-16(2)3/h5-12,16,21H,4,13-15H2,1-3H3,(H,24,27). The van der Waals surface area contributed by atoms with Gasteiger partial charge in [-0.05, 0) is 41.2 Å². The molecule has 3 rings (SSSR count). The summed E-state index contributed by atoms with van der Waals surface area (Å²) in [5.41, 5.74) is 4.28. The first kappa shape index (κ1) is 19.2. The van der Waals surface area contributed by atoms with Crippen molar-refractivity contribution in [2.75, 3.05) is 5.32 Å². The minimum Gasteiger partial charge on any atom is -0.326 e. The van der Waals surface area contributed by atoms with E-state index in [1.807, 2.05) is 56.3 Å². The van der Waals surface area contributed by atoms with Gasteiger partial charge >= 0.3 is 0 Å². The van der Waals surface area contributed by atoms with Crippen LogP contribution in [-0.4, -0.2) is 22.8 Å². The van der Waals surface area contributed by atoms with E-state index in [4.69, 9.17) is 0 Å². The van der Waals surface area contributed by atoms with E-state index in [0.29, 0.717) is 19.4 Å². The molecular formula is C23H28N2O2. The number of aryl methyl sites for hydroxylation is 1. The summed E-state index contributed by atoms with van der Waals surface area (Å²) in [5, 5.41) is 3.00. The molecule has 0 saturated heterocycles. The topological polar surface area (TPSA) is 49.4 Å². The molecule has 4 heteroatoms. The van der Waals surface area contributed by atoms with Crippen LogP contribution in [0.1, 0.15) is 43.9 Å². The third-order valence-electron chi connectivity index (χ3n) is 5.08. The van der Waals surface area contributed by atoms with E-state index in [1.54, 1.807) is 4.90 Å². The number of rotatable bonds is 5. The van der Waals surface area contributed by atoms with Gasteiger partial charge in [0.1, 0.15) is 6.04 Å². The second-order valence-electron chi connectivity index (χ2n) is 7.65. The van der Waals surface area contributed by atoms with Gasteiger partial charge in [-0.15, -0.1) is 0 Å². The summed E-state index contributed by atoms with van der Waals surface area (Å²) in [6.07, 6.45) is 1.97. The van der Waals surface area contributed by atoms with Gasteiger partial charge in [-0.2, -0.15) is 0 Å². The van der Waals surface area contributed by atoms with E-state index in [-0.39, 0.29) is 17.7 Å². The highest BCUT2D eigenvalue weighted by Gasteiger charge is 2.34. The minimum atomic E-state index is -0.475. The lowest BCUT2D eigenvalue weighted by molar-refractivity contribution is -0.140. The van der Waals surface area contributed by atoms with Crippen molar-refractivity contribution in [1.29, 1.82) is 0 Å². The van der Waals surface area contributed by atoms with E-state index >= 15 is 0 Å². The fraction of sp³-hybridized carbons (Fsp3) is 0.391. The molecule has 0 bridgehead atoms. The smallest absolute Gasteiger partial charge is 0.247 e. The molecule has 0 aliphatic carbocycles. The van der Waals surface area contributed by atoms with Gasteiger partial charge in [0.05, 0.1) is 0 Å². The molecule has 0 spiro atoms. The maximum atomic E-state index is 13.0. The van der Waals surface area contributed by atoms with Crippen LogP contribution in [0.2, 0.25) is 0 Å². The molecule has 2 aromatic carbocycles. The van der Waals surface area contributed by atoms with Crippen LogP contribution >= 0.6 is 0 Å². The number of carbonyl (C=O) groups excluding carboxylic acids is 2. The number of fused-ring (bicyclic) bond motifs is 1. The SMILES string of the molecule is CCc1ccc(NC(=O)C2Cc3ccccc3CN2C(=O)CC(C)C)cc1. The van der Waals surface area contributed by atoms with Gasteiger partial charge in [-0.3, -0.25) is 9.59 Å². The van der Waals surface area contributed by atoms with E-state index in [2.05, 4.69) is 18.3 Å². The molecule has 0 fully saturated rings. The number of nitrogens with one attached hydrogen (secondary N) is 1. The van der Waals surface area contributed by atoms with Crippen molar-refractivity contribution in [2.45, 2.75) is 52.6 Å². The first-order chi connectivity index (χ1) is 13.0. The van der Waals surface area contributed by atoms with Crippen LogP contribution < -0.4 is 5.32 Å². The van der Waals surface area contributed by atoms with Crippen molar-refractivity contribution < 1.29 is 9.59 Å². The Labute approximate surface area is 161 Å². The molecule has 0 saturated carbocycles. The number of nitrogens with zero attached hydrogens (tertiary/aromatic N) is 1. The highest BCUT2D eigenvalue weighted by Crippen LogP contribution is 2.26. The molecular weight excluding hydrogens is 336 g/mol. The van der Waals surface area contributed by atoms with Gasteiger partial charge in [0.15, 0.2) is 0 Å². The Hall–Kier alpha value is -2.62. The zero-order chi connectivity index (χ0) is 19.4. The van der Waals surface area contributed by atoms with E-state index < -0.39 is 6.04 Å². The van der Waals surface area contributed by atoms with Crippen LogP contribution in [-0.2, 0) is 29.0 Å². The number of hydrogen-bond donors (Lipinski definition) is 1. The Kier molecular flexibility index (Phi) is 5.94. The molecule has 1 unspecified atom stereocenters. The zero-order valence-corrected chi connectivity index (χ0v) is 16.4. The summed E-state index contributed by atoms with van der Waals surface area (Å²) in [5.74, 6) is 0.187. The molecule has 0 radical (unpaired) electrons. The molecule has 4 nitrogen and oxygen atoms in total. The van der Waals surface area contributed by atoms with Crippen molar-refractivity contribution in [2.24, 2.45) is 5.92 Å². The quantitative estimate of drug-likeness (QED) is 0.865. The van der Waals surface area contributed by atoms with Crippen molar-refractivity contribution in [3.63, 3.8) is 0 Å². The lowest BCUT2D eigenvalue weighted by atomic mass is 9.92. The van der Waals surface area contributed by atoms with Crippen LogP contribution in [0.5, 0.6) is 0 Å². The normalized spacial score (nSPS) is 16.1. The van der Waals surface area contributed by atoms with Crippen LogP contribution in [0.3, 0.4) is 0 Å². The molecule has 1 N–H and O–H groups in total. The highest BCUT2D eigenvalue weighted by atomic mass is 16.2. The average Bonchev–Trinajstić information content (AvgIpc) is 2.67. The summed E-state index contributed by atoms with van der Waals surface area (Å²) in [4.78, 5) is 27.6. The van der Waals surface area contributed by atoms with Gasteiger partial charge < -0.3 is 10.2 Å². The zero-order valence-electron chi connectivity index (χ0n) is 16.4. The number of anilines is 1. The first-order valence-corrected chi connectivity index (χ1v) is 9.74. The average molecular weight is 364 g/mol. The Morgan fingerprint density at radius 3 is 2.37 bits per heavy atom. The van der Waals surface area contributed by atoms with Gasteiger partial charge in [-0.1, -0.05) is 57.2 Å². The Bertz CT molecular complexity index is 811. The number of amides is 2. The molecule has 2 amide bonds. The predicted molar refractivity (Wildman–Crippen MR) is 108 cm³/mol. The third kappa shape index (κ3) is 4.57. The molecule has 1 atom stereocenters. The maximum absolute atomic E-state index is 13.0. The lowest BCUT2D eigenvalue weighted by Gasteiger charge is -2.36. The summed E-state index contributed by atoms with van der Waals surface area (Å²) >= 11 is 0. The largest absolute Gasteiger partial charge is 0.326 e. The lowest BCUT2D eigenvalue weighted by Crippen LogP contribution is -2.50. The Morgan fingerprint density at radius 1 is 1.07 bits per heavy atom. The maximum Gasteiger partial charge on any atom is 0.247 e. The number of carbonyl (C=O) groups is 2. The molecule has 1 aliphatic heterocycles. The molecule has 1 aliphatic rings. The van der Waals surface area contributed by atoms with Crippen LogP contribution in [0, 0.1) is 5.92 Å². The van der Waals surface area contributed by atoms with E-state index in [0.717, 1.165) is 23.2 Å². The van der Waals surface area contributed by atoms with Crippen LogP contribution in [0.15, 0.2) is 48.5 Å². The van der Waals surface area contributed by atoms with Gasteiger partial charge in [-0.25, -0.2) is 0 Å². The van der Waals surface area contributed by atoms with Crippen LogP contribution in [0.4, 0.5) is 5.69 Å². The third-order valence-corrected chi connectivity index (χ3v) is 5.08. The monoisotopic (exact) mass is 364 g/mol. The van der Waals surface area contributed by atoms with Gasteiger partial charge in [0.25, 0.3) is 0 Å². The number of benzene rings is 2. The Morgan fingerprint density at radius 2 is 1.74 bits per heavy atom. The minimum absolute atomic E-state index is 0.0426. The van der Waals surface area contributed by atoms with Gasteiger partial charge in [0, 0.05) is 25.1 Å². The fourth-order valence-electron chi connectivity index (χ4n) is 3.54. The van der Waals surface area contributed by atoms with E-state index in [1.165, 1.54) is 5.56 Å². The highest BCUT2D eigenvalue weighted by molar-refractivity contribution is 5.97. The summed E-state index contributed by atoms with van der Waals surface area (Å²) < 4.78 is 0. The van der Waals surface area contributed by atoms with Gasteiger partial charge in [0.2, 0.25) is 11.8 Å². The first-order valence-electron chi connectivity index (χ1n) is 9.74. The fourth-order valence-corrected chi connectivity index (χ4v) is 3.54. The summed E-state index contributed by atoms with van der Waals surface area (Å²) in [6, 6.07) is 15.5. The van der Waals surface area contributed by atoms with Crippen LogP contribution in [0.25, 0.3) is 0 Å². The summed E-state index contributed by atoms with van der Waals surface area (Å²) in [7, 11) is 0. The summed E-state index contributed by atoms with van der Waals surface area (Å²) in [6.45, 7) is 6.65. The van der Waals surface area contributed by atoms with Crippen molar-refractivity contribution in [3.8, 4) is 0 Å². The molecule has 1 heterocycles. The van der Waals surface area contributed by atoms with Crippen molar-refractivity contribution >= 4 is 17.5 Å². The number of hydrogen-bond acceptors (Lipinski definition) is 2.